The molecule has 84 valence electrons. The molecule has 0 fully saturated rings. The first-order valence-corrected chi connectivity index (χ1v) is 5.69. The standard InChI is InChI=1S/C14H8N4/c1-2-6-10-9(5-1)12-14(17-10)18-13-11(16-12)7-3-4-8-15-13/h1-8H. The van der Waals surface area contributed by atoms with Crippen LogP contribution < -0.4 is 0 Å². The Bertz CT molecular complexity index is 886. The first-order chi connectivity index (χ1) is 8.92. The summed E-state index contributed by atoms with van der Waals surface area (Å²) in [7, 11) is 0. The Morgan fingerprint density at radius 3 is 2.50 bits per heavy atom. The van der Waals surface area contributed by atoms with E-state index < -0.39 is 0 Å². The molecule has 4 aromatic rings. The van der Waals surface area contributed by atoms with Crippen molar-refractivity contribution in [2.24, 2.45) is 0 Å². The lowest BCUT2D eigenvalue weighted by molar-refractivity contribution is 1.29. The van der Waals surface area contributed by atoms with E-state index in [0.717, 1.165) is 21.9 Å². The van der Waals surface area contributed by atoms with Gasteiger partial charge in [-0.05, 0) is 18.2 Å². The van der Waals surface area contributed by atoms with Gasteiger partial charge in [0.25, 0.3) is 0 Å². The van der Waals surface area contributed by atoms with Crippen LogP contribution in [0.4, 0.5) is 0 Å². The molecular weight excluding hydrogens is 224 g/mol. The van der Waals surface area contributed by atoms with E-state index in [-0.39, 0.29) is 0 Å². The highest BCUT2D eigenvalue weighted by molar-refractivity contribution is 6.05. The second kappa shape index (κ2) is 3.43. The summed E-state index contributed by atoms with van der Waals surface area (Å²) < 4.78 is 0. The summed E-state index contributed by atoms with van der Waals surface area (Å²) in [5, 5.41) is 1.04. The van der Waals surface area contributed by atoms with E-state index in [1.807, 2.05) is 42.5 Å². The Balaban J connectivity index is 2.26. The number of hydrogen-bond donors (Lipinski definition) is 0. The molecule has 0 bridgehead atoms. The van der Waals surface area contributed by atoms with Gasteiger partial charge in [-0.1, -0.05) is 24.3 Å². The molecule has 4 nitrogen and oxygen atoms in total. The van der Waals surface area contributed by atoms with Gasteiger partial charge in [0.15, 0.2) is 11.3 Å². The highest BCUT2D eigenvalue weighted by atomic mass is 15.0. The minimum atomic E-state index is 0.621. The number of fused-ring (bicyclic) bond motifs is 4. The van der Waals surface area contributed by atoms with E-state index in [2.05, 4.69) is 19.9 Å². The molecule has 0 N–H and O–H groups in total. The molecular formula is C14H8N4. The molecule has 0 unspecified atom stereocenters. The van der Waals surface area contributed by atoms with Crippen LogP contribution in [0.25, 0.3) is 33.2 Å². The zero-order valence-electron chi connectivity index (χ0n) is 9.41. The first-order valence-electron chi connectivity index (χ1n) is 5.69. The third kappa shape index (κ3) is 1.26. The summed E-state index contributed by atoms with van der Waals surface area (Å²) in [4.78, 5) is 17.8. The molecule has 0 amide bonds. The van der Waals surface area contributed by atoms with Crippen LogP contribution in [0.3, 0.4) is 0 Å². The third-order valence-electron chi connectivity index (χ3n) is 2.92. The molecule has 0 aliphatic rings. The summed E-state index contributed by atoms with van der Waals surface area (Å²) in [6, 6.07) is 13.6. The van der Waals surface area contributed by atoms with Gasteiger partial charge in [-0.3, -0.25) is 0 Å². The maximum Gasteiger partial charge on any atom is 0.181 e. The molecule has 18 heavy (non-hydrogen) atoms. The molecule has 0 atom stereocenters. The Labute approximate surface area is 102 Å². The summed E-state index contributed by atoms with van der Waals surface area (Å²) >= 11 is 0. The molecule has 4 heteroatoms. The molecule has 4 rings (SSSR count). The molecule has 0 aliphatic carbocycles. The topological polar surface area (TPSA) is 51.6 Å². The van der Waals surface area contributed by atoms with E-state index in [4.69, 9.17) is 0 Å². The molecule has 3 heterocycles. The van der Waals surface area contributed by atoms with Gasteiger partial charge >= 0.3 is 0 Å². The second-order valence-electron chi connectivity index (χ2n) is 4.06. The van der Waals surface area contributed by atoms with Gasteiger partial charge in [-0.2, -0.15) is 0 Å². The molecule has 0 radical (unpaired) electrons. The molecule has 0 saturated heterocycles. The van der Waals surface area contributed by atoms with E-state index in [1.165, 1.54) is 0 Å². The van der Waals surface area contributed by atoms with Crippen molar-refractivity contribution in [3.8, 4) is 0 Å². The molecule has 0 aliphatic heterocycles. The predicted molar refractivity (Wildman–Crippen MR) is 70.1 cm³/mol. The van der Waals surface area contributed by atoms with Gasteiger partial charge in [-0.15, -0.1) is 0 Å². The molecule has 0 saturated carbocycles. The van der Waals surface area contributed by atoms with Crippen LogP contribution in [0.15, 0.2) is 48.7 Å². The summed E-state index contributed by atoms with van der Waals surface area (Å²) in [5.41, 5.74) is 3.82. The summed E-state index contributed by atoms with van der Waals surface area (Å²) in [5.74, 6) is 0. The van der Waals surface area contributed by atoms with Gasteiger partial charge in [0.2, 0.25) is 0 Å². The Kier molecular flexibility index (Phi) is 1.80. The van der Waals surface area contributed by atoms with Crippen LogP contribution in [-0.4, -0.2) is 19.9 Å². The number of aromatic nitrogens is 4. The van der Waals surface area contributed by atoms with Crippen molar-refractivity contribution in [1.82, 2.24) is 19.9 Å². The number of hydrogen-bond acceptors (Lipinski definition) is 4. The van der Waals surface area contributed by atoms with Gasteiger partial charge < -0.3 is 0 Å². The quantitative estimate of drug-likeness (QED) is 0.467. The van der Waals surface area contributed by atoms with Crippen LogP contribution in [0.2, 0.25) is 0 Å². The lowest BCUT2D eigenvalue weighted by Gasteiger charge is -1.91. The van der Waals surface area contributed by atoms with Crippen molar-refractivity contribution >= 4 is 33.2 Å². The average molecular weight is 232 g/mol. The van der Waals surface area contributed by atoms with Crippen LogP contribution in [0, 0.1) is 0 Å². The lowest BCUT2D eigenvalue weighted by Crippen LogP contribution is -1.85. The minimum Gasteiger partial charge on any atom is -0.240 e. The van der Waals surface area contributed by atoms with Crippen LogP contribution in [0.1, 0.15) is 0 Å². The van der Waals surface area contributed by atoms with Gasteiger partial charge in [0.05, 0.1) is 5.52 Å². The maximum atomic E-state index is 4.62. The number of nitrogens with zero attached hydrogens (tertiary/aromatic N) is 4. The van der Waals surface area contributed by atoms with E-state index in [9.17, 15) is 0 Å². The normalized spacial score (nSPS) is 11.3. The zero-order chi connectivity index (χ0) is 11.9. The smallest absolute Gasteiger partial charge is 0.181 e. The van der Waals surface area contributed by atoms with Crippen molar-refractivity contribution in [3.63, 3.8) is 0 Å². The predicted octanol–water partition coefficient (Wildman–Crippen LogP) is 2.73. The highest BCUT2D eigenvalue weighted by Gasteiger charge is 2.08. The maximum absolute atomic E-state index is 4.62. The molecule has 0 spiro atoms. The average Bonchev–Trinajstić information content (AvgIpc) is 2.59. The lowest BCUT2D eigenvalue weighted by atomic mass is 10.2. The van der Waals surface area contributed by atoms with Gasteiger partial charge in [0, 0.05) is 11.6 Å². The van der Waals surface area contributed by atoms with E-state index in [0.29, 0.717) is 11.3 Å². The third-order valence-corrected chi connectivity index (χ3v) is 2.92. The van der Waals surface area contributed by atoms with Crippen LogP contribution in [0.5, 0.6) is 0 Å². The largest absolute Gasteiger partial charge is 0.240 e. The van der Waals surface area contributed by atoms with Crippen LogP contribution in [-0.2, 0) is 0 Å². The molecule has 1 aromatic carbocycles. The van der Waals surface area contributed by atoms with Crippen molar-refractivity contribution < 1.29 is 0 Å². The van der Waals surface area contributed by atoms with Crippen molar-refractivity contribution in [2.45, 2.75) is 0 Å². The number of benzene rings is 1. The number of rotatable bonds is 0. The fraction of sp³-hybridized carbons (Fsp3) is 0. The zero-order valence-corrected chi connectivity index (χ0v) is 9.41. The number of para-hydroxylation sites is 1. The fourth-order valence-electron chi connectivity index (χ4n) is 2.09. The first kappa shape index (κ1) is 9.41. The van der Waals surface area contributed by atoms with E-state index >= 15 is 0 Å². The summed E-state index contributed by atoms with van der Waals surface area (Å²) in [6.07, 6.45) is 1.71. The summed E-state index contributed by atoms with van der Waals surface area (Å²) in [6.45, 7) is 0. The Hall–Kier alpha value is -2.62. The minimum absolute atomic E-state index is 0.621. The fourth-order valence-corrected chi connectivity index (χ4v) is 2.09. The van der Waals surface area contributed by atoms with Gasteiger partial charge in [0.1, 0.15) is 11.0 Å². The van der Waals surface area contributed by atoms with Crippen molar-refractivity contribution in [1.29, 1.82) is 0 Å². The van der Waals surface area contributed by atoms with Crippen molar-refractivity contribution in [3.05, 3.63) is 48.7 Å². The van der Waals surface area contributed by atoms with E-state index in [1.54, 1.807) is 6.20 Å². The SMILES string of the molecule is c1ccc2nc3c(nc4ccccc43)nc2nc1. The van der Waals surface area contributed by atoms with Crippen molar-refractivity contribution in [2.75, 3.05) is 0 Å². The van der Waals surface area contributed by atoms with Crippen LogP contribution >= 0.6 is 0 Å². The highest BCUT2D eigenvalue weighted by Crippen LogP contribution is 2.23. The monoisotopic (exact) mass is 232 g/mol. The Morgan fingerprint density at radius 1 is 0.667 bits per heavy atom. The van der Waals surface area contributed by atoms with Gasteiger partial charge in [-0.25, -0.2) is 19.9 Å². The molecule has 3 aromatic heterocycles. The second-order valence-corrected chi connectivity index (χ2v) is 4.06. The Morgan fingerprint density at radius 2 is 1.50 bits per heavy atom.